The molecule has 1 aromatic heterocycles. The number of hydrogen-bond donors (Lipinski definition) is 0. The van der Waals surface area contributed by atoms with Crippen molar-refractivity contribution in [1.82, 2.24) is 9.78 Å². The van der Waals surface area contributed by atoms with E-state index in [-0.39, 0.29) is 5.97 Å². The van der Waals surface area contributed by atoms with Crippen LogP contribution in [0, 0.1) is 0 Å². The standard InChI is InChI=1S/C15H16N2O2/c1-2-19-15(18)13-10-17(12-8-9-12)16-14(13)11-6-4-3-5-7-11/h3-7,10,12H,2,8-9H2,1H3. The van der Waals surface area contributed by atoms with E-state index in [1.807, 2.05) is 48.1 Å². The van der Waals surface area contributed by atoms with Crippen LogP contribution >= 0.6 is 0 Å². The zero-order valence-corrected chi connectivity index (χ0v) is 10.9. The van der Waals surface area contributed by atoms with Crippen LogP contribution in [-0.2, 0) is 4.74 Å². The molecule has 98 valence electrons. The molecule has 4 nitrogen and oxygen atoms in total. The Kier molecular flexibility index (Phi) is 3.07. The monoisotopic (exact) mass is 256 g/mol. The summed E-state index contributed by atoms with van der Waals surface area (Å²) in [5, 5.41) is 4.56. The van der Waals surface area contributed by atoms with Gasteiger partial charge in [-0.05, 0) is 19.8 Å². The molecule has 19 heavy (non-hydrogen) atoms. The van der Waals surface area contributed by atoms with Gasteiger partial charge in [0.1, 0.15) is 11.3 Å². The lowest BCUT2D eigenvalue weighted by molar-refractivity contribution is 0.0527. The van der Waals surface area contributed by atoms with Crippen LogP contribution < -0.4 is 0 Å². The lowest BCUT2D eigenvalue weighted by Gasteiger charge is -2.01. The van der Waals surface area contributed by atoms with Gasteiger partial charge in [-0.15, -0.1) is 0 Å². The first-order valence-corrected chi connectivity index (χ1v) is 6.61. The molecule has 0 N–H and O–H groups in total. The first-order chi connectivity index (χ1) is 9.29. The van der Waals surface area contributed by atoms with Crippen LogP contribution in [-0.4, -0.2) is 22.4 Å². The van der Waals surface area contributed by atoms with E-state index in [0.29, 0.717) is 23.9 Å². The maximum absolute atomic E-state index is 12.0. The maximum Gasteiger partial charge on any atom is 0.341 e. The smallest absolute Gasteiger partial charge is 0.341 e. The SMILES string of the molecule is CCOC(=O)c1cn(C2CC2)nc1-c1ccccc1. The van der Waals surface area contributed by atoms with Crippen LogP contribution in [0.25, 0.3) is 11.3 Å². The van der Waals surface area contributed by atoms with Crippen LogP contribution in [0.1, 0.15) is 36.2 Å². The average molecular weight is 256 g/mol. The van der Waals surface area contributed by atoms with Crippen molar-refractivity contribution in [3.63, 3.8) is 0 Å². The molecule has 0 saturated heterocycles. The van der Waals surface area contributed by atoms with Crippen LogP contribution in [0.2, 0.25) is 0 Å². The van der Waals surface area contributed by atoms with Crippen LogP contribution in [0.5, 0.6) is 0 Å². The molecule has 1 heterocycles. The first-order valence-electron chi connectivity index (χ1n) is 6.61. The second-order valence-corrected chi connectivity index (χ2v) is 4.69. The van der Waals surface area contributed by atoms with Gasteiger partial charge in [-0.1, -0.05) is 30.3 Å². The summed E-state index contributed by atoms with van der Waals surface area (Å²) in [6, 6.07) is 10.2. The quantitative estimate of drug-likeness (QED) is 0.790. The number of benzene rings is 1. The average Bonchev–Trinajstić information content (AvgIpc) is 3.19. The fraction of sp³-hybridized carbons (Fsp3) is 0.333. The fourth-order valence-corrected chi connectivity index (χ4v) is 2.09. The third-order valence-electron chi connectivity index (χ3n) is 3.20. The van der Waals surface area contributed by atoms with Crippen molar-refractivity contribution < 1.29 is 9.53 Å². The lowest BCUT2D eigenvalue weighted by atomic mass is 10.1. The summed E-state index contributed by atoms with van der Waals surface area (Å²) in [6.07, 6.45) is 4.09. The molecule has 4 heteroatoms. The van der Waals surface area contributed by atoms with Gasteiger partial charge in [0.2, 0.25) is 0 Å². The van der Waals surface area contributed by atoms with Crippen molar-refractivity contribution in [3.05, 3.63) is 42.1 Å². The summed E-state index contributed by atoms with van der Waals surface area (Å²) in [5.41, 5.74) is 2.22. The summed E-state index contributed by atoms with van der Waals surface area (Å²) in [5.74, 6) is -0.298. The van der Waals surface area contributed by atoms with Crippen molar-refractivity contribution in [2.45, 2.75) is 25.8 Å². The highest BCUT2D eigenvalue weighted by molar-refractivity contribution is 5.96. The number of aromatic nitrogens is 2. The minimum atomic E-state index is -0.298. The van der Waals surface area contributed by atoms with Crippen LogP contribution in [0.3, 0.4) is 0 Å². The molecule has 1 aliphatic rings. The molecule has 0 spiro atoms. The Morgan fingerprint density at radius 1 is 1.37 bits per heavy atom. The van der Waals surface area contributed by atoms with Gasteiger partial charge in [-0.3, -0.25) is 4.68 Å². The molecule has 1 aliphatic carbocycles. The number of hydrogen-bond acceptors (Lipinski definition) is 3. The van der Waals surface area contributed by atoms with Gasteiger partial charge in [0, 0.05) is 11.8 Å². The third kappa shape index (κ3) is 2.38. The first kappa shape index (κ1) is 12.0. The molecule has 0 unspecified atom stereocenters. The third-order valence-corrected chi connectivity index (χ3v) is 3.20. The van der Waals surface area contributed by atoms with Gasteiger partial charge in [-0.25, -0.2) is 4.79 Å². The van der Waals surface area contributed by atoms with E-state index in [4.69, 9.17) is 4.74 Å². The molecule has 1 saturated carbocycles. The number of rotatable bonds is 4. The Hall–Kier alpha value is -2.10. The number of carbonyl (C=O) groups is 1. The van der Waals surface area contributed by atoms with E-state index in [2.05, 4.69) is 5.10 Å². The summed E-state index contributed by atoms with van der Waals surface area (Å²) < 4.78 is 7.01. The van der Waals surface area contributed by atoms with Crippen molar-refractivity contribution in [2.75, 3.05) is 6.61 Å². The topological polar surface area (TPSA) is 44.1 Å². The Balaban J connectivity index is 2.03. The minimum Gasteiger partial charge on any atom is -0.462 e. The number of ether oxygens (including phenoxy) is 1. The fourth-order valence-electron chi connectivity index (χ4n) is 2.09. The van der Waals surface area contributed by atoms with E-state index in [9.17, 15) is 4.79 Å². The maximum atomic E-state index is 12.0. The zero-order chi connectivity index (χ0) is 13.2. The van der Waals surface area contributed by atoms with Crippen molar-refractivity contribution >= 4 is 5.97 Å². The summed E-state index contributed by atoms with van der Waals surface area (Å²) >= 11 is 0. The molecule has 0 atom stereocenters. The molecule has 0 bridgehead atoms. The molecular formula is C15H16N2O2. The van der Waals surface area contributed by atoms with Crippen molar-refractivity contribution in [1.29, 1.82) is 0 Å². The highest BCUT2D eigenvalue weighted by Gasteiger charge is 2.28. The predicted molar refractivity (Wildman–Crippen MR) is 71.9 cm³/mol. The predicted octanol–water partition coefficient (Wildman–Crippen LogP) is 3.06. The summed E-state index contributed by atoms with van der Waals surface area (Å²) in [6.45, 7) is 2.19. The Morgan fingerprint density at radius 2 is 2.11 bits per heavy atom. The molecular weight excluding hydrogens is 240 g/mol. The van der Waals surface area contributed by atoms with Gasteiger partial charge >= 0.3 is 5.97 Å². The lowest BCUT2D eigenvalue weighted by Crippen LogP contribution is -2.04. The van der Waals surface area contributed by atoms with Crippen LogP contribution in [0.4, 0.5) is 0 Å². The van der Waals surface area contributed by atoms with Crippen LogP contribution in [0.15, 0.2) is 36.5 Å². The van der Waals surface area contributed by atoms with E-state index < -0.39 is 0 Å². The minimum absolute atomic E-state index is 0.298. The Morgan fingerprint density at radius 3 is 2.74 bits per heavy atom. The molecule has 1 fully saturated rings. The highest BCUT2D eigenvalue weighted by Crippen LogP contribution is 2.36. The number of nitrogens with zero attached hydrogens (tertiary/aromatic N) is 2. The Labute approximate surface area is 112 Å². The second-order valence-electron chi connectivity index (χ2n) is 4.69. The van der Waals surface area contributed by atoms with Crippen molar-refractivity contribution in [2.24, 2.45) is 0 Å². The van der Waals surface area contributed by atoms with E-state index in [1.54, 1.807) is 0 Å². The Bertz CT molecular complexity index is 585. The van der Waals surface area contributed by atoms with Gasteiger partial charge in [-0.2, -0.15) is 5.10 Å². The van der Waals surface area contributed by atoms with Crippen molar-refractivity contribution in [3.8, 4) is 11.3 Å². The summed E-state index contributed by atoms with van der Waals surface area (Å²) in [4.78, 5) is 12.0. The van der Waals surface area contributed by atoms with Gasteiger partial charge in [0.05, 0.1) is 12.6 Å². The molecule has 2 aromatic rings. The largest absolute Gasteiger partial charge is 0.462 e. The van der Waals surface area contributed by atoms with E-state index in [0.717, 1.165) is 18.4 Å². The summed E-state index contributed by atoms with van der Waals surface area (Å²) in [7, 11) is 0. The van der Waals surface area contributed by atoms with Gasteiger partial charge in [0.15, 0.2) is 0 Å². The molecule has 0 aliphatic heterocycles. The molecule has 0 amide bonds. The molecule has 0 radical (unpaired) electrons. The normalized spacial score (nSPS) is 14.4. The number of carbonyl (C=O) groups excluding carboxylic acids is 1. The second kappa shape index (κ2) is 4.88. The van der Waals surface area contributed by atoms with E-state index >= 15 is 0 Å². The highest BCUT2D eigenvalue weighted by atomic mass is 16.5. The molecule has 3 rings (SSSR count). The van der Waals surface area contributed by atoms with Gasteiger partial charge < -0.3 is 4.74 Å². The number of esters is 1. The zero-order valence-electron chi connectivity index (χ0n) is 10.9. The molecule has 1 aromatic carbocycles. The van der Waals surface area contributed by atoms with Gasteiger partial charge in [0.25, 0.3) is 0 Å². The van der Waals surface area contributed by atoms with E-state index in [1.165, 1.54) is 0 Å².